The van der Waals surface area contributed by atoms with Gasteiger partial charge in [-0.25, -0.2) is 9.78 Å². The summed E-state index contributed by atoms with van der Waals surface area (Å²) in [6, 6.07) is 31.2. The van der Waals surface area contributed by atoms with E-state index in [0.29, 0.717) is 27.7 Å². The van der Waals surface area contributed by atoms with E-state index in [1.807, 2.05) is 41.1 Å². The number of esters is 1. The molecule has 0 radical (unpaired) electrons. The van der Waals surface area contributed by atoms with Gasteiger partial charge in [0.15, 0.2) is 0 Å². The van der Waals surface area contributed by atoms with Gasteiger partial charge in [-0.05, 0) is 46.5 Å². The second-order valence-electron chi connectivity index (χ2n) is 8.34. The predicted molar refractivity (Wildman–Crippen MR) is 144 cm³/mol. The summed E-state index contributed by atoms with van der Waals surface area (Å²) in [5, 5.41) is 0.957. The van der Waals surface area contributed by atoms with Crippen LogP contribution < -0.4 is 0 Å². The molecule has 0 spiro atoms. The van der Waals surface area contributed by atoms with Crippen molar-refractivity contribution in [1.82, 2.24) is 9.55 Å². The van der Waals surface area contributed by atoms with Crippen molar-refractivity contribution in [3.05, 3.63) is 137 Å². The smallest absolute Gasteiger partial charge is 0.338 e. The number of carbonyl (C=O) groups is 1. The molecule has 6 heteroatoms. The predicted octanol–water partition coefficient (Wildman–Crippen LogP) is 8.12. The van der Waals surface area contributed by atoms with Gasteiger partial charge in [-0.2, -0.15) is 0 Å². The Balaban J connectivity index is 1.33. The second kappa shape index (κ2) is 10.8. The molecule has 0 aliphatic carbocycles. The molecular weight excluding hydrogens is 491 g/mol. The average Bonchev–Trinajstić information content (AvgIpc) is 3.42. The molecule has 1 heterocycles. The number of halogens is 2. The Morgan fingerprint density at radius 3 is 2.00 bits per heavy atom. The van der Waals surface area contributed by atoms with Gasteiger partial charge < -0.3 is 9.30 Å². The lowest BCUT2D eigenvalue weighted by Gasteiger charge is -2.20. The van der Waals surface area contributed by atoms with Crippen molar-refractivity contribution in [3.8, 4) is 22.3 Å². The van der Waals surface area contributed by atoms with Crippen molar-refractivity contribution in [1.29, 1.82) is 0 Å². The largest absolute Gasteiger partial charge is 0.452 e. The minimum Gasteiger partial charge on any atom is -0.452 e. The molecule has 0 bridgehead atoms. The quantitative estimate of drug-likeness (QED) is 0.207. The fourth-order valence-corrected chi connectivity index (χ4v) is 4.56. The third-order valence-electron chi connectivity index (χ3n) is 5.94. The van der Waals surface area contributed by atoms with Gasteiger partial charge in [0.25, 0.3) is 0 Å². The van der Waals surface area contributed by atoms with Crippen LogP contribution >= 0.6 is 23.2 Å². The molecule has 1 unspecified atom stereocenters. The summed E-state index contributed by atoms with van der Waals surface area (Å²) in [5.74, 6) is -0.433. The summed E-state index contributed by atoms with van der Waals surface area (Å²) < 4.78 is 7.75. The summed E-state index contributed by atoms with van der Waals surface area (Å²) in [4.78, 5) is 17.1. The van der Waals surface area contributed by atoms with Crippen LogP contribution in [0.15, 0.2) is 116 Å². The van der Waals surface area contributed by atoms with Crippen molar-refractivity contribution in [2.45, 2.75) is 12.6 Å². The van der Waals surface area contributed by atoms with Crippen LogP contribution in [0.25, 0.3) is 22.3 Å². The maximum absolute atomic E-state index is 13.1. The van der Waals surface area contributed by atoms with Crippen molar-refractivity contribution < 1.29 is 9.53 Å². The topological polar surface area (TPSA) is 44.1 Å². The van der Waals surface area contributed by atoms with E-state index in [-0.39, 0.29) is 0 Å². The first-order valence-electron chi connectivity index (χ1n) is 11.4. The zero-order valence-electron chi connectivity index (χ0n) is 19.2. The van der Waals surface area contributed by atoms with Crippen molar-refractivity contribution in [3.63, 3.8) is 0 Å². The van der Waals surface area contributed by atoms with E-state index in [1.54, 1.807) is 42.9 Å². The SMILES string of the molecule is O=C(OC(Cn1ccnc1)c1ccc(Cl)cc1Cl)c1ccc(-c2ccc(-c3ccccc3)cc2)cc1. The Hall–Kier alpha value is -3.86. The maximum Gasteiger partial charge on any atom is 0.338 e. The lowest BCUT2D eigenvalue weighted by atomic mass is 9.99. The van der Waals surface area contributed by atoms with Gasteiger partial charge in [-0.3, -0.25) is 0 Å². The highest BCUT2D eigenvalue weighted by Crippen LogP contribution is 2.31. The molecule has 4 aromatic carbocycles. The van der Waals surface area contributed by atoms with Gasteiger partial charge in [0.2, 0.25) is 0 Å². The number of hydrogen-bond donors (Lipinski definition) is 0. The van der Waals surface area contributed by atoms with Crippen LogP contribution in [0.5, 0.6) is 0 Å². The Morgan fingerprint density at radius 2 is 1.42 bits per heavy atom. The van der Waals surface area contributed by atoms with Crippen LogP contribution in [-0.2, 0) is 11.3 Å². The highest BCUT2D eigenvalue weighted by atomic mass is 35.5. The number of carbonyl (C=O) groups excluding carboxylic acids is 1. The van der Waals surface area contributed by atoms with E-state index >= 15 is 0 Å². The molecular formula is C30H22Cl2N2O2. The molecule has 0 aliphatic heterocycles. The van der Waals surface area contributed by atoms with Gasteiger partial charge in [0.05, 0.1) is 18.4 Å². The first-order chi connectivity index (χ1) is 17.6. The molecule has 0 aliphatic rings. The second-order valence-corrected chi connectivity index (χ2v) is 9.18. The Bertz CT molecular complexity index is 1450. The summed E-state index contributed by atoms with van der Waals surface area (Å²) >= 11 is 12.5. The number of ether oxygens (including phenoxy) is 1. The van der Waals surface area contributed by atoms with E-state index in [0.717, 1.165) is 16.7 Å². The van der Waals surface area contributed by atoms with Crippen LogP contribution in [0.2, 0.25) is 10.0 Å². The van der Waals surface area contributed by atoms with Crippen molar-refractivity contribution >= 4 is 29.2 Å². The minimum atomic E-state index is -0.610. The number of aromatic nitrogens is 2. The van der Waals surface area contributed by atoms with E-state index < -0.39 is 12.1 Å². The lowest BCUT2D eigenvalue weighted by molar-refractivity contribution is 0.0255. The molecule has 0 N–H and O–H groups in total. The zero-order chi connectivity index (χ0) is 24.9. The first kappa shape index (κ1) is 23.9. The molecule has 5 rings (SSSR count). The van der Waals surface area contributed by atoms with Crippen LogP contribution in [0.3, 0.4) is 0 Å². The van der Waals surface area contributed by atoms with Gasteiger partial charge in [-0.1, -0.05) is 96.0 Å². The molecule has 36 heavy (non-hydrogen) atoms. The first-order valence-corrected chi connectivity index (χ1v) is 12.2. The monoisotopic (exact) mass is 512 g/mol. The molecule has 1 aromatic heterocycles. The summed E-state index contributed by atoms with van der Waals surface area (Å²) in [5.41, 5.74) is 5.55. The fourth-order valence-electron chi connectivity index (χ4n) is 4.03. The molecule has 0 saturated carbocycles. The maximum atomic E-state index is 13.1. The van der Waals surface area contributed by atoms with E-state index in [1.165, 1.54) is 5.56 Å². The Morgan fingerprint density at radius 1 is 0.806 bits per heavy atom. The number of rotatable bonds is 7. The standard InChI is InChI=1S/C30H22Cl2N2O2/c31-26-14-15-27(28(32)18-26)29(19-34-17-16-33-20-34)36-30(35)25-12-10-24(11-13-25)23-8-6-22(7-9-23)21-4-2-1-3-5-21/h1-18,20,29H,19H2. The highest BCUT2D eigenvalue weighted by Gasteiger charge is 2.21. The number of nitrogens with zero attached hydrogens (tertiary/aromatic N) is 2. The molecule has 178 valence electrons. The Labute approximate surface area is 219 Å². The van der Waals surface area contributed by atoms with Gasteiger partial charge in [0.1, 0.15) is 6.10 Å². The fraction of sp³-hybridized carbons (Fsp3) is 0.0667. The van der Waals surface area contributed by atoms with E-state index in [9.17, 15) is 4.79 Å². The summed E-state index contributed by atoms with van der Waals surface area (Å²) in [6.45, 7) is 0.374. The molecule has 0 amide bonds. The van der Waals surface area contributed by atoms with E-state index in [4.69, 9.17) is 27.9 Å². The van der Waals surface area contributed by atoms with Crippen LogP contribution in [0, 0.1) is 0 Å². The number of imidazole rings is 1. The molecule has 4 nitrogen and oxygen atoms in total. The molecule has 0 fully saturated rings. The zero-order valence-corrected chi connectivity index (χ0v) is 20.7. The molecule has 5 aromatic rings. The molecule has 1 atom stereocenters. The minimum absolute atomic E-state index is 0.374. The van der Waals surface area contributed by atoms with Crippen LogP contribution in [0.4, 0.5) is 0 Å². The van der Waals surface area contributed by atoms with E-state index in [2.05, 4.69) is 41.4 Å². The van der Waals surface area contributed by atoms with Gasteiger partial charge in [-0.15, -0.1) is 0 Å². The van der Waals surface area contributed by atoms with Crippen LogP contribution in [0.1, 0.15) is 22.0 Å². The third-order valence-corrected chi connectivity index (χ3v) is 6.50. The summed E-state index contributed by atoms with van der Waals surface area (Å²) in [7, 11) is 0. The number of hydrogen-bond acceptors (Lipinski definition) is 3. The van der Waals surface area contributed by atoms with Gasteiger partial charge >= 0.3 is 5.97 Å². The average molecular weight is 513 g/mol. The van der Waals surface area contributed by atoms with Crippen molar-refractivity contribution in [2.24, 2.45) is 0 Å². The van der Waals surface area contributed by atoms with Crippen molar-refractivity contribution in [2.75, 3.05) is 0 Å². The van der Waals surface area contributed by atoms with Gasteiger partial charge in [0, 0.05) is 28.0 Å². The number of benzene rings is 4. The van der Waals surface area contributed by atoms with Crippen LogP contribution in [-0.4, -0.2) is 15.5 Å². The lowest BCUT2D eigenvalue weighted by Crippen LogP contribution is -2.17. The Kier molecular flexibility index (Phi) is 7.17. The molecule has 0 saturated heterocycles. The highest BCUT2D eigenvalue weighted by molar-refractivity contribution is 6.35. The third kappa shape index (κ3) is 5.51. The normalized spacial score (nSPS) is 11.7. The summed E-state index contributed by atoms with van der Waals surface area (Å²) in [6.07, 6.45) is 4.54.